The van der Waals surface area contributed by atoms with Gasteiger partial charge >= 0.3 is 0 Å². The number of carbonyl (C=O) groups is 2. The van der Waals surface area contributed by atoms with E-state index in [4.69, 9.17) is 9.47 Å². The molecule has 4 rings (SSSR count). The molecule has 0 unspecified atom stereocenters. The third-order valence-electron chi connectivity index (χ3n) is 4.53. The highest BCUT2D eigenvalue weighted by molar-refractivity contribution is 6.08. The van der Waals surface area contributed by atoms with Crippen LogP contribution in [0.2, 0.25) is 0 Å². The number of aromatic nitrogens is 1. The van der Waals surface area contributed by atoms with Gasteiger partial charge in [0.15, 0.2) is 11.5 Å². The van der Waals surface area contributed by atoms with Crippen molar-refractivity contribution in [2.75, 3.05) is 17.4 Å². The Labute approximate surface area is 167 Å². The SMILES string of the molecule is CCc1ccccc1NC(=O)c1ccnc(C(=O)Nc2ccc3c(c2)OCO3)c1. The van der Waals surface area contributed by atoms with E-state index in [0.717, 1.165) is 17.7 Å². The first kappa shape index (κ1) is 18.5. The van der Waals surface area contributed by atoms with Gasteiger partial charge in [0.1, 0.15) is 5.69 Å². The van der Waals surface area contributed by atoms with Gasteiger partial charge in [0.2, 0.25) is 6.79 Å². The van der Waals surface area contributed by atoms with Crippen LogP contribution in [0.15, 0.2) is 60.8 Å². The average Bonchev–Trinajstić information content (AvgIpc) is 3.22. The Hall–Kier alpha value is -3.87. The summed E-state index contributed by atoms with van der Waals surface area (Å²) >= 11 is 0. The number of rotatable bonds is 5. The quantitative estimate of drug-likeness (QED) is 0.691. The monoisotopic (exact) mass is 389 g/mol. The number of ether oxygens (including phenoxy) is 2. The molecule has 7 heteroatoms. The third-order valence-corrected chi connectivity index (χ3v) is 4.53. The van der Waals surface area contributed by atoms with Crippen molar-refractivity contribution < 1.29 is 19.1 Å². The summed E-state index contributed by atoms with van der Waals surface area (Å²) in [5, 5.41) is 5.65. The summed E-state index contributed by atoms with van der Waals surface area (Å²) < 4.78 is 10.6. The van der Waals surface area contributed by atoms with E-state index in [0.29, 0.717) is 22.7 Å². The predicted molar refractivity (Wildman–Crippen MR) is 109 cm³/mol. The molecule has 146 valence electrons. The first-order valence-corrected chi connectivity index (χ1v) is 9.20. The zero-order valence-corrected chi connectivity index (χ0v) is 15.8. The van der Waals surface area contributed by atoms with Gasteiger partial charge < -0.3 is 20.1 Å². The Bertz CT molecular complexity index is 1080. The molecule has 0 saturated heterocycles. The number of para-hydroxylation sites is 1. The summed E-state index contributed by atoms with van der Waals surface area (Å²) in [6, 6.07) is 15.8. The van der Waals surface area contributed by atoms with E-state index in [1.54, 1.807) is 24.3 Å². The van der Waals surface area contributed by atoms with Crippen LogP contribution in [-0.4, -0.2) is 23.6 Å². The maximum absolute atomic E-state index is 12.6. The molecule has 3 aromatic rings. The first-order chi connectivity index (χ1) is 14.1. The molecule has 1 aromatic heterocycles. The summed E-state index contributed by atoms with van der Waals surface area (Å²) in [5.74, 6) is 0.475. The van der Waals surface area contributed by atoms with E-state index in [1.807, 2.05) is 31.2 Å². The normalized spacial score (nSPS) is 11.8. The number of hydrogen-bond donors (Lipinski definition) is 2. The second-order valence-electron chi connectivity index (χ2n) is 6.42. The number of benzene rings is 2. The Morgan fingerprint density at radius 1 is 0.966 bits per heavy atom. The highest BCUT2D eigenvalue weighted by Crippen LogP contribution is 2.34. The lowest BCUT2D eigenvalue weighted by Crippen LogP contribution is -2.17. The van der Waals surface area contributed by atoms with E-state index in [-0.39, 0.29) is 18.4 Å². The van der Waals surface area contributed by atoms with Crippen LogP contribution >= 0.6 is 0 Å². The van der Waals surface area contributed by atoms with Crippen LogP contribution < -0.4 is 20.1 Å². The highest BCUT2D eigenvalue weighted by atomic mass is 16.7. The molecule has 0 atom stereocenters. The number of amides is 2. The topological polar surface area (TPSA) is 89.6 Å². The maximum Gasteiger partial charge on any atom is 0.274 e. The highest BCUT2D eigenvalue weighted by Gasteiger charge is 2.16. The molecule has 0 spiro atoms. The van der Waals surface area contributed by atoms with Crippen molar-refractivity contribution in [3.05, 3.63) is 77.6 Å². The first-order valence-electron chi connectivity index (χ1n) is 9.20. The van der Waals surface area contributed by atoms with Crippen LogP contribution in [0.5, 0.6) is 11.5 Å². The molecule has 1 aliphatic rings. The minimum absolute atomic E-state index is 0.138. The molecule has 0 fully saturated rings. The maximum atomic E-state index is 12.6. The lowest BCUT2D eigenvalue weighted by Gasteiger charge is -2.10. The number of fused-ring (bicyclic) bond motifs is 1. The predicted octanol–water partition coefficient (Wildman–Crippen LogP) is 3.88. The van der Waals surface area contributed by atoms with Gasteiger partial charge in [0, 0.05) is 29.2 Å². The minimum Gasteiger partial charge on any atom is -0.454 e. The molecule has 0 bridgehead atoms. The van der Waals surface area contributed by atoms with Gasteiger partial charge in [0.25, 0.3) is 11.8 Å². The van der Waals surface area contributed by atoms with E-state index >= 15 is 0 Å². The van der Waals surface area contributed by atoms with Gasteiger partial charge in [-0.1, -0.05) is 25.1 Å². The molecule has 1 aliphatic heterocycles. The molecule has 29 heavy (non-hydrogen) atoms. The lowest BCUT2D eigenvalue weighted by atomic mass is 10.1. The van der Waals surface area contributed by atoms with Crippen molar-refractivity contribution >= 4 is 23.2 Å². The number of aryl methyl sites for hydroxylation is 1. The van der Waals surface area contributed by atoms with Crippen molar-refractivity contribution in [2.24, 2.45) is 0 Å². The van der Waals surface area contributed by atoms with Crippen LogP contribution in [0.3, 0.4) is 0 Å². The fraction of sp³-hybridized carbons (Fsp3) is 0.136. The van der Waals surface area contributed by atoms with E-state index in [1.165, 1.54) is 12.3 Å². The van der Waals surface area contributed by atoms with Gasteiger partial charge in [-0.05, 0) is 42.3 Å². The summed E-state index contributed by atoms with van der Waals surface area (Å²) in [6.07, 6.45) is 2.24. The summed E-state index contributed by atoms with van der Waals surface area (Å²) in [7, 11) is 0. The second-order valence-corrected chi connectivity index (χ2v) is 6.42. The fourth-order valence-electron chi connectivity index (χ4n) is 3.01. The fourth-order valence-corrected chi connectivity index (χ4v) is 3.01. The van der Waals surface area contributed by atoms with Crippen LogP contribution in [0.4, 0.5) is 11.4 Å². The largest absolute Gasteiger partial charge is 0.454 e. The standard InChI is InChI=1S/C22H19N3O4/c1-2-14-5-3-4-6-17(14)25-21(26)15-9-10-23-18(11-15)22(27)24-16-7-8-19-20(12-16)29-13-28-19/h3-12H,2,13H2,1H3,(H,24,27)(H,25,26). The Kier molecular flexibility index (Phi) is 5.11. The van der Waals surface area contributed by atoms with E-state index < -0.39 is 5.91 Å². The van der Waals surface area contributed by atoms with Gasteiger partial charge in [-0.15, -0.1) is 0 Å². The van der Waals surface area contributed by atoms with Crippen molar-refractivity contribution in [2.45, 2.75) is 13.3 Å². The van der Waals surface area contributed by atoms with Gasteiger partial charge in [-0.2, -0.15) is 0 Å². The number of anilines is 2. The molecular weight excluding hydrogens is 370 g/mol. The smallest absolute Gasteiger partial charge is 0.274 e. The Balaban J connectivity index is 1.49. The minimum atomic E-state index is -0.424. The van der Waals surface area contributed by atoms with Crippen molar-refractivity contribution in [1.82, 2.24) is 4.98 Å². The number of carbonyl (C=O) groups excluding carboxylic acids is 2. The number of hydrogen-bond acceptors (Lipinski definition) is 5. The molecule has 2 aromatic carbocycles. The van der Waals surface area contributed by atoms with Crippen LogP contribution in [0.1, 0.15) is 33.3 Å². The zero-order chi connectivity index (χ0) is 20.2. The zero-order valence-electron chi connectivity index (χ0n) is 15.8. The molecule has 0 radical (unpaired) electrons. The van der Waals surface area contributed by atoms with E-state index in [2.05, 4.69) is 15.6 Å². The van der Waals surface area contributed by atoms with Crippen LogP contribution in [-0.2, 0) is 6.42 Å². The number of nitrogens with one attached hydrogen (secondary N) is 2. The van der Waals surface area contributed by atoms with E-state index in [9.17, 15) is 9.59 Å². The summed E-state index contributed by atoms with van der Waals surface area (Å²) in [4.78, 5) is 29.3. The van der Waals surface area contributed by atoms with Crippen molar-refractivity contribution in [3.8, 4) is 11.5 Å². The van der Waals surface area contributed by atoms with Crippen LogP contribution in [0.25, 0.3) is 0 Å². The Morgan fingerprint density at radius 2 is 1.79 bits per heavy atom. The van der Waals surface area contributed by atoms with Crippen molar-refractivity contribution in [1.29, 1.82) is 0 Å². The molecule has 2 amide bonds. The number of nitrogens with zero attached hydrogens (tertiary/aromatic N) is 1. The molecule has 7 nitrogen and oxygen atoms in total. The molecule has 2 heterocycles. The number of pyridine rings is 1. The average molecular weight is 389 g/mol. The molecular formula is C22H19N3O4. The van der Waals surface area contributed by atoms with Gasteiger partial charge in [0.05, 0.1) is 0 Å². The third kappa shape index (κ3) is 4.03. The molecule has 0 saturated carbocycles. The van der Waals surface area contributed by atoms with Crippen LogP contribution in [0, 0.1) is 0 Å². The molecule has 2 N–H and O–H groups in total. The van der Waals surface area contributed by atoms with Gasteiger partial charge in [-0.25, -0.2) is 0 Å². The summed E-state index contributed by atoms with van der Waals surface area (Å²) in [6.45, 7) is 2.18. The second kappa shape index (κ2) is 8.02. The Morgan fingerprint density at radius 3 is 2.66 bits per heavy atom. The molecule has 0 aliphatic carbocycles. The lowest BCUT2D eigenvalue weighted by molar-refractivity contribution is 0.102. The van der Waals surface area contributed by atoms with Gasteiger partial charge in [-0.3, -0.25) is 14.6 Å². The summed E-state index contributed by atoms with van der Waals surface area (Å²) in [5.41, 5.74) is 2.83. The van der Waals surface area contributed by atoms with Crippen molar-refractivity contribution in [3.63, 3.8) is 0 Å².